The lowest BCUT2D eigenvalue weighted by Crippen LogP contribution is -2.40. The molecule has 0 spiro atoms. The van der Waals surface area contributed by atoms with Crippen LogP contribution < -0.4 is 5.32 Å². The number of likely N-dealkylation sites (N-methyl/N-ethyl adjacent to an activating group) is 1. The molecule has 0 rings (SSSR count). The lowest BCUT2D eigenvalue weighted by Gasteiger charge is -2.22. The quantitative estimate of drug-likeness (QED) is 0.650. The Morgan fingerprint density at radius 2 is 2.36 bits per heavy atom. The third kappa shape index (κ3) is 5.90. The molecule has 0 radical (unpaired) electrons. The maximum Gasteiger partial charge on any atom is 0.234 e. The predicted molar refractivity (Wildman–Crippen MR) is 62.3 cm³/mol. The summed E-state index contributed by atoms with van der Waals surface area (Å²) in [5, 5.41) is 2.64. The minimum Gasteiger partial charge on any atom is -0.344 e. The molecule has 0 aliphatic heterocycles. The number of nitrogens with zero attached hydrogens (tertiary/aromatic N) is 1. The van der Waals surface area contributed by atoms with Crippen molar-refractivity contribution in [2.24, 2.45) is 0 Å². The smallest absolute Gasteiger partial charge is 0.234 e. The highest BCUT2D eigenvalue weighted by molar-refractivity contribution is 7.98. The van der Waals surface area contributed by atoms with Gasteiger partial charge in [0.1, 0.15) is 0 Å². The van der Waals surface area contributed by atoms with E-state index in [-0.39, 0.29) is 5.91 Å². The van der Waals surface area contributed by atoms with Gasteiger partial charge in [-0.3, -0.25) is 9.69 Å². The van der Waals surface area contributed by atoms with Crippen molar-refractivity contribution in [3.8, 4) is 12.3 Å². The molecule has 1 amide bonds. The molecule has 0 saturated carbocycles. The Kier molecular flexibility index (Phi) is 7.35. The summed E-state index contributed by atoms with van der Waals surface area (Å²) in [6.07, 6.45) is 7.09. The minimum atomic E-state index is -0.0154. The number of thioether (sulfide) groups is 1. The lowest BCUT2D eigenvalue weighted by molar-refractivity contribution is -0.122. The van der Waals surface area contributed by atoms with E-state index >= 15 is 0 Å². The van der Waals surface area contributed by atoms with Crippen LogP contribution >= 0.6 is 11.8 Å². The lowest BCUT2D eigenvalue weighted by atomic mass is 10.3. The SMILES string of the molecule is C#CCNC(=O)CN(C)C(C)CSC. The summed E-state index contributed by atoms with van der Waals surface area (Å²) in [6, 6.07) is 0.404. The van der Waals surface area contributed by atoms with Crippen LogP contribution in [0.4, 0.5) is 0 Å². The molecule has 0 saturated heterocycles. The molecule has 80 valence electrons. The molecule has 0 aliphatic rings. The van der Waals surface area contributed by atoms with Crippen molar-refractivity contribution in [3.05, 3.63) is 0 Å². The van der Waals surface area contributed by atoms with Gasteiger partial charge in [-0.1, -0.05) is 5.92 Å². The number of hydrogen-bond donors (Lipinski definition) is 1. The molecular formula is C10H18N2OS. The Labute approximate surface area is 90.6 Å². The van der Waals surface area contributed by atoms with Gasteiger partial charge in [0.25, 0.3) is 0 Å². The Morgan fingerprint density at radius 1 is 1.71 bits per heavy atom. The van der Waals surface area contributed by atoms with Crippen LogP contribution in [-0.4, -0.2) is 49.0 Å². The van der Waals surface area contributed by atoms with E-state index in [1.807, 2.05) is 11.9 Å². The molecule has 0 fully saturated rings. The van der Waals surface area contributed by atoms with Crippen LogP contribution in [-0.2, 0) is 4.79 Å². The predicted octanol–water partition coefficient (Wildman–Crippen LogP) is 0.419. The number of hydrogen-bond acceptors (Lipinski definition) is 3. The Hall–Kier alpha value is -0.660. The van der Waals surface area contributed by atoms with Crippen molar-refractivity contribution >= 4 is 17.7 Å². The molecule has 0 aromatic heterocycles. The molecule has 1 atom stereocenters. The zero-order valence-corrected chi connectivity index (χ0v) is 9.86. The van der Waals surface area contributed by atoms with Crippen molar-refractivity contribution in [1.29, 1.82) is 0 Å². The summed E-state index contributed by atoms with van der Waals surface area (Å²) in [7, 11) is 1.94. The van der Waals surface area contributed by atoms with Crippen LogP contribution in [0, 0.1) is 12.3 Å². The number of nitrogens with one attached hydrogen (secondary N) is 1. The maximum absolute atomic E-state index is 11.3. The first-order valence-corrected chi connectivity index (χ1v) is 5.90. The average molecular weight is 214 g/mol. The van der Waals surface area contributed by atoms with E-state index in [4.69, 9.17) is 6.42 Å². The van der Waals surface area contributed by atoms with Crippen molar-refractivity contribution in [1.82, 2.24) is 10.2 Å². The van der Waals surface area contributed by atoms with E-state index < -0.39 is 0 Å². The number of amides is 1. The second-order valence-corrected chi connectivity index (χ2v) is 4.11. The molecule has 0 aromatic rings. The molecule has 0 heterocycles. The monoisotopic (exact) mass is 214 g/mol. The number of terminal acetylenes is 1. The average Bonchev–Trinajstić information content (AvgIpc) is 2.15. The van der Waals surface area contributed by atoms with Gasteiger partial charge in [-0.25, -0.2) is 0 Å². The van der Waals surface area contributed by atoms with E-state index in [0.717, 1.165) is 5.75 Å². The Morgan fingerprint density at radius 3 is 2.86 bits per heavy atom. The summed E-state index contributed by atoms with van der Waals surface area (Å²) in [6.45, 7) is 2.82. The van der Waals surface area contributed by atoms with Gasteiger partial charge in [0.2, 0.25) is 5.91 Å². The Bertz CT molecular complexity index is 213. The highest BCUT2D eigenvalue weighted by Gasteiger charge is 2.11. The first-order chi connectivity index (χ1) is 6.61. The zero-order valence-electron chi connectivity index (χ0n) is 9.04. The van der Waals surface area contributed by atoms with E-state index in [0.29, 0.717) is 19.1 Å². The highest BCUT2D eigenvalue weighted by atomic mass is 32.2. The van der Waals surface area contributed by atoms with Crippen LogP contribution in [0.3, 0.4) is 0 Å². The molecule has 1 unspecified atom stereocenters. The molecular weight excluding hydrogens is 196 g/mol. The highest BCUT2D eigenvalue weighted by Crippen LogP contribution is 2.02. The second-order valence-electron chi connectivity index (χ2n) is 3.20. The fourth-order valence-corrected chi connectivity index (χ4v) is 1.69. The van der Waals surface area contributed by atoms with Crippen LogP contribution in [0.25, 0.3) is 0 Å². The van der Waals surface area contributed by atoms with Crippen molar-refractivity contribution < 1.29 is 4.79 Å². The maximum atomic E-state index is 11.3. The van der Waals surface area contributed by atoms with Gasteiger partial charge < -0.3 is 5.32 Å². The first kappa shape index (κ1) is 13.3. The molecule has 1 N–H and O–H groups in total. The third-order valence-electron chi connectivity index (χ3n) is 1.94. The number of rotatable bonds is 6. The number of carbonyl (C=O) groups excluding carboxylic acids is 1. The normalized spacial score (nSPS) is 12.2. The van der Waals surface area contributed by atoms with Gasteiger partial charge in [-0.15, -0.1) is 6.42 Å². The minimum absolute atomic E-state index is 0.0154. The molecule has 3 nitrogen and oxygen atoms in total. The van der Waals surface area contributed by atoms with Gasteiger partial charge in [0.15, 0.2) is 0 Å². The van der Waals surface area contributed by atoms with Crippen molar-refractivity contribution in [2.45, 2.75) is 13.0 Å². The molecule has 0 aromatic carbocycles. The summed E-state index contributed by atoms with van der Waals surface area (Å²) < 4.78 is 0. The fourth-order valence-electron chi connectivity index (χ4n) is 0.956. The zero-order chi connectivity index (χ0) is 11.0. The van der Waals surface area contributed by atoms with Gasteiger partial charge in [-0.2, -0.15) is 11.8 Å². The fraction of sp³-hybridized carbons (Fsp3) is 0.700. The van der Waals surface area contributed by atoms with Crippen molar-refractivity contribution in [3.63, 3.8) is 0 Å². The van der Waals surface area contributed by atoms with Crippen LogP contribution in [0.15, 0.2) is 0 Å². The van der Waals surface area contributed by atoms with Gasteiger partial charge >= 0.3 is 0 Å². The van der Waals surface area contributed by atoms with Gasteiger partial charge in [-0.05, 0) is 20.2 Å². The van der Waals surface area contributed by atoms with Crippen LogP contribution in [0.1, 0.15) is 6.92 Å². The van der Waals surface area contributed by atoms with E-state index in [2.05, 4.69) is 24.4 Å². The molecule has 4 heteroatoms. The van der Waals surface area contributed by atoms with Crippen molar-refractivity contribution in [2.75, 3.05) is 32.1 Å². The largest absolute Gasteiger partial charge is 0.344 e. The van der Waals surface area contributed by atoms with Crippen LogP contribution in [0.2, 0.25) is 0 Å². The van der Waals surface area contributed by atoms with E-state index in [9.17, 15) is 4.79 Å². The topological polar surface area (TPSA) is 32.3 Å². The summed E-state index contributed by atoms with van der Waals surface area (Å²) in [5.74, 6) is 3.38. The van der Waals surface area contributed by atoms with Gasteiger partial charge in [0.05, 0.1) is 13.1 Å². The van der Waals surface area contributed by atoms with Gasteiger partial charge in [0, 0.05) is 11.8 Å². The van der Waals surface area contributed by atoms with E-state index in [1.165, 1.54) is 0 Å². The summed E-state index contributed by atoms with van der Waals surface area (Å²) in [4.78, 5) is 13.3. The second kappa shape index (κ2) is 7.72. The summed E-state index contributed by atoms with van der Waals surface area (Å²) in [5.41, 5.74) is 0. The standard InChI is InChI=1S/C10H18N2OS/c1-5-6-11-10(13)7-12(3)9(2)8-14-4/h1,9H,6-8H2,2-4H3,(H,11,13). The van der Waals surface area contributed by atoms with E-state index in [1.54, 1.807) is 11.8 Å². The first-order valence-electron chi connectivity index (χ1n) is 4.51. The Balaban J connectivity index is 3.75. The summed E-state index contributed by atoms with van der Waals surface area (Å²) >= 11 is 1.78. The molecule has 0 aliphatic carbocycles. The molecule has 14 heavy (non-hydrogen) atoms. The number of carbonyl (C=O) groups is 1. The van der Waals surface area contributed by atoms with Crippen LogP contribution in [0.5, 0.6) is 0 Å². The third-order valence-corrected chi connectivity index (χ3v) is 2.76. The molecule has 0 bridgehead atoms.